The van der Waals surface area contributed by atoms with Crippen LogP contribution in [0.3, 0.4) is 0 Å². The maximum Gasteiger partial charge on any atom is 0.323 e. The van der Waals surface area contributed by atoms with Crippen molar-refractivity contribution < 1.29 is 112 Å². The monoisotopic (exact) mass is 1950 g/mol. The minimum Gasteiger partial charge on any atom is -0.508 e. The first-order valence-electron chi connectivity index (χ1n) is 46.6. The lowest BCUT2D eigenvalue weighted by atomic mass is 9.90. The molecule has 3 aromatic carbocycles. The van der Waals surface area contributed by atoms with Crippen LogP contribution >= 0.6 is 11.8 Å². The van der Waals surface area contributed by atoms with Gasteiger partial charge in [-0.15, -0.1) is 11.8 Å². The fraction of sp³-hybridized carbons (Fsp3) is 0.543. The number of carbonyl (C=O) groups is 19. The lowest BCUT2D eigenvalue weighted by Gasteiger charge is -2.36. The molecule has 20 N–H and O–H groups in total. The van der Waals surface area contributed by atoms with Crippen molar-refractivity contribution in [1.29, 1.82) is 0 Å². The van der Waals surface area contributed by atoms with E-state index >= 15 is 38.4 Å². The van der Waals surface area contributed by atoms with Crippen molar-refractivity contribution in [3.8, 4) is 5.75 Å². The second kappa shape index (κ2) is 51.6. The Morgan fingerprint density at radius 1 is 0.590 bits per heavy atom. The van der Waals surface area contributed by atoms with Crippen molar-refractivity contribution in [3.05, 3.63) is 102 Å². The number of thioether (sulfide) groups is 1. The predicted molar refractivity (Wildman–Crippen MR) is 510 cm³/mol. The Balaban J connectivity index is 1.12. The van der Waals surface area contributed by atoms with Gasteiger partial charge in [0.25, 0.3) is 0 Å². The summed E-state index contributed by atoms with van der Waals surface area (Å²) >= 11 is 0.766. The molecule has 0 radical (unpaired) electrons. The van der Waals surface area contributed by atoms with E-state index in [1.807, 2.05) is 13.8 Å². The SMILES string of the molecule is CCCC[C@H]1C(=O)N(C)[C@@H](CCCC)C(=O)N[C@@H](CC(C)C)C(=O)N[C@H](C(=O)NCC(N)=O)CSCC(=O)N[C@@H](Cc2ccc(O)cc2)C(=O)N(C)[C@@H](C)C(=O)N[C@@H](CC(=O)O)C(=O)N2CCC[C@H]2C(=O)N[C@@H](CC2=NC=NC2)C(=O)N[C@@H](CCC(N)=O)C(=O)N2C[C@H](O)C[C@H]2C(=O)C[C@@H](Cc2c[nH]c3ccccc23)C(=O)N[C@@H](CCN)C(=O)N[C@@H](Cc2cn(CC(=O)O)c3ccccc23)C(=O)N1C. The van der Waals surface area contributed by atoms with Crippen LogP contribution in [0, 0.1) is 11.8 Å². The Kier molecular flexibility index (Phi) is 40.5. The van der Waals surface area contributed by atoms with Crippen molar-refractivity contribution in [2.75, 3.05) is 65.4 Å². The number of phenols is 1. The number of aromatic amines is 1. The molecule has 4 aliphatic rings. The van der Waals surface area contributed by atoms with E-state index in [2.05, 4.69) is 62.8 Å². The van der Waals surface area contributed by atoms with Gasteiger partial charge in [0.1, 0.15) is 91.1 Å². The highest BCUT2D eigenvalue weighted by Gasteiger charge is 2.47. The highest BCUT2D eigenvalue weighted by atomic mass is 32.2. The van der Waals surface area contributed by atoms with Crippen LogP contribution in [0.1, 0.15) is 154 Å². The average Bonchev–Trinajstić information content (AvgIpc) is 1.66. The Morgan fingerprint density at radius 3 is 1.86 bits per heavy atom. The van der Waals surface area contributed by atoms with Gasteiger partial charge in [-0.2, -0.15) is 0 Å². The van der Waals surface area contributed by atoms with E-state index in [1.54, 1.807) is 68.6 Å². The quantitative estimate of drug-likeness (QED) is 0.0273. The van der Waals surface area contributed by atoms with E-state index in [9.17, 15) is 73.2 Å². The number of aliphatic imine (C=N–C) groups is 2. The van der Waals surface area contributed by atoms with Crippen LogP contribution in [-0.4, -0.2) is 329 Å². The molecule has 0 saturated carbocycles. The number of hydrogen-bond acceptors (Lipinski definition) is 25. The van der Waals surface area contributed by atoms with E-state index in [0.29, 0.717) is 64.2 Å². The van der Waals surface area contributed by atoms with Gasteiger partial charge in [0.15, 0.2) is 5.78 Å². The van der Waals surface area contributed by atoms with E-state index in [-0.39, 0.29) is 94.8 Å². The van der Waals surface area contributed by atoms with Gasteiger partial charge in [-0.05, 0) is 112 Å². The number of carboxylic acid groups (broad SMARTS) is 2. The van der Waals surface area contributed by atoms with Crippen LogP contribution in [0.2, 0.25) is 0 Å². The van der Waals surface area contributed by atoms with Crippen molar-refractivity contribution in [2.45, 2.75) is 248 Å². The molecule has 0 aliphatic carbocycles. The number of nitrogens with two attached hydrogens (primary N) is 3. The normalized spacial score (nSPS) is 24.9. The number of aliphatic carboxylic acids is 2. The molecule has 4 aliphatic heterocycles. The van der Waals surface area contributed by atoms with Crippen LogP contribution in [0.25, 0.3) is 21.8 Å². The number of nitrogens with zero attached hydrogens (tertiary/aromatic N) is 8. The first-order chi connectivity index (χ1) is 66.1. The summed E-state index contributed by atoms with van der Waals surface area (Å²) in [6.07, 6.45) is -0.559. The van der Waals surface area contributed by atoms with Gasteiger partial charge in [-0.25, -0.2) is 4.99 Å². The van der Waals surface area contributed by atoms with Crippen LogP contribution in [-0.2, 0) is 117 Å². The Labute approximate surface area is 807 Å². The summed E-state index contributed by atoms with van der Waals surface area (Å²) in [5.41, 5.74) is 19.9. The number of rotatable bonds is 28. The van der Waals surface area contributed by atoms with Crippen LogP contribution < -0.4 is 65.1 Å². The number of H-pyrrole nitrogens is 1. The Bertz CT molecular complexity index is 5390. The highest BCUT2D eigenvalue weighted by molar-refractivity contribution is 8.00. The second-order valence-electron chi connectivity index (χ2n) is 36.0. The molecule has 5 aromatic rings. The standard InChI is InChI=1S/C94H129N21O23S/c1-9-11-21-72-88(132)105-65(34-51(3)4)86(130)109-70(84(128)100-44-78(97)120)48-139-49-79(121)102-67(35-53-25-27-58(116)28-26-53)90(134)110(6)52(5)82(126)107-69(41-80(122)123)93(137)114-33-17-24-73(114)89(133)106-66(39-57-43-98-50-101-57)87(131)104-64(29-30-77(96)119)92(136)115-46-59(117)40-75(115)76(118)38-54(36-55-42-99-62-20-15-13-18-60(55)62)83(127)103-63(31-32-95)85(129)108-68(91(135)112(8)74(22-12-10-2)94(138)111(72)7)37-56-45-113(47-81(124)125)71-23-16-14-19-61(56)71/h13-16,18-20,23,25-28,42,45,50-52,54,59,63-70,72-75,99,116-117H,9-12,17,21-22,24,29-41,43-44,46-49,95H2,1-8H3,(H2,96,119)(H2,97,120)(H,100,128)(H,102,121)(H,103,127)(H,104,131)(H,105,132)(H,106,133)(H,107,126)(H,108,129)(H,109,130)(H,122,123)(H,124,125)/t52-,54+,59+,63-,64-,65-,66-,67-,68-,69-,70-,72-,73-,74-,75-/m0/s1. The van der Waals surface area contributed by atoms with Crippen molar-refractivity contribution in [2.24, 2.45) is 39.0 Å². The summed E-state index contributed by atoms with van der Waals surface area (Å²) < 4.78 is 1.43. The predicted octanol–water partition coefficient (Wildman–Crippen LogP) is -1.42. The number of carboxylic acids is 2. The molecular formula is C94H129N21O23S. The number of benzene rings is 3. The second-order valence-corrected chi connectivity index (χ2v) is 37.1. The summed E-state index contributed by atoms with van der Waals surface area (Å²) in [4.78, 5) is 293. The molecule has 3 fully saturated rings. The fourth-order valence-electron chi connectivity index (χ4n) is 17.5. The highest BCUT2D eigenvalue weighted by Crippen LogP contribution is 2.31. The molecule has 0 unspecified atom stereocenters. The molecule has 754 valence electrons. The molecule has 0 spiro atoms. The number of amides is 16. The smallest absolute Gasteiger partial charge is 0.323 e. The number of Topliss-reactive ketones (excluding diaryl/α,β-unsaturated/α-hetero) is 1. The number of hydrogen-bond donors (Lipinski definition) is 17. The number of ketones is 1. The summed E-state index contributed by atoms with van der Waals surface area (Å²) in [5, 5.41) is 67.0. The number of para-hydroxylation sites is 2. The molecule has 9 rings (SSSR count). The largest absolute Gasteiger partial charge is 0.508 e. The third kappa shape index (κ3) is 30.4. The molecule has 3 saturated heterocycles. The van der Waals surface area contributed by atoms with Gasteiger partial charge in [0.2, 0.25) is 94.5 Å². The van der Waals surface area contributed by atoms with E-state index in [4.69, 9.17) is 17.2 Å². The molecule has 139 heavy (non-hydrogen) atoms. The zero-order chi connectivity index (χ0) is 102. The van der Waals surface area contributed by atoms with Gasteiger partial charge >= 0.3 is 11.9 Å². The van der Waals surface area contributed by atoms with E-state index in [0.717, 1.165) is 36.3 Å². The number of carbonyl (C=O) groups excluding carboxylic acids is 17. The number of aromatic hydroxyl groups is 1. The number of fused-ring (bicyclic) bond motifs is 4. The molecule has 6 heterocycles. The van der Waals surface area contributed by atoms with Crippen molar-refractivity contribution in [1.82, 2.24) is 81.9 Å². The average molecular weight is 1950 g/mol. The van der Waals surface area contributed by atoms with E-state index in [1.165, 1.54) is 69.4 Å². The van der Waals surface area contributed by atoms with Crippen molar-refractivity contribution >= 4 is 158 Å². The maximum atomic E-state index is 16.0. The van der Waals surface area contributed by atoms with Crippen molar-refractivity contribution in [3.63, 3.8) is 0 Å². The van der Waals surface area contributed by atoms with E-state index < -0.39 is 272 Å². The molecule has 45 heteroatoms. The molecule has 15 atom stereocenters. The van der Waals surface area contributed by atoms with Crippen LogP contribution in [0.5, 0.6) is 5.75 Å². The summed E-state index contributed by atoms with van der Waals surface area (Å²) in [7, 11) is 3.86. The number of nitrogens with one attached hydrogen (secondary N) is 10. The Morgan fingerprint density at radius 2 is 1.20 bits per heavy atom. The number of aliphatic hydroxyl groups is 1. The third-order valence-electron chi connectivity index (χ3n) is 25.1. The number of aliphatic hydroxyl groups excluding tert-OH is 1. The summed E-state index contributed by atoms with van der Waals surface area (Å²) in [6, 6.07) is -1.50. The minimum atomic E-state index is -1.94. The zero-order valence-corrected chi connectivity index (χ0v) is 80.1. The number of likely N-dealkylation sites (N-methyl/N-ethyl adjacent to an activating group) is 3. The van der Waals surface area contributed by atoms with Gasteiger partial charge < -0.3 is 120 Å². The molecule has 16 amide bonds. The Hall–Kier alpha value is -13.7. The summed E-state index contributed by atoms with van der Waals surface area (Å²) in [5.74, 6) is -21.9. The molecule has 0 bridgehead atoms. The molecular weight excluding hydrogens is 1820 g/mol. The third-order valence-corrected chi connectivity index (χ3v) is 26.2. The van der Waals surface area contributed by atoms with Crippen LogP contribution in [0.15, 0.2) is 95.2 Å². The fourth-order valence-corrected chi connectivity index (χ4v) is 18.4. The first kappa shape index (κ1) is 109. The topological polar surface area (TPSA) is 653 Å². The van der Waals surface area contributed by atoms with Crippen LogP contribution in [0.4, 0.5) is 0 Å². The van der Waals surface area contributed by atoms with Gasteiger partial charge in [-0.1, -0.05) is 102 Å². The van der Waals surface area contributed by atoms with Gasteiger partial charge in [0, 0.05) is 124 Å². The molecule has 2 aromatic heterocycles. The minimum absolute atomic E-state index is 0.0107. The number of primary amides is 2. The lowest BCUT2D eigenvalue weighted by Crippen LogP contribution is -2.60. The van der Waals surface area contributed by atoms with Gasteiger partial charge in [-0.3, -0.25) is 96.1 Å². The first-order valence-corrected chi connectivity index (χ1v) is 47.8. The zero-order valence-electron chi connectivity index (χ0n) is 79.3. The number of aromatic nitrogens is 2. The summed E-state index contributed by atoms with van der Waals surface area (Å²) in [6.45, 7) is 6.03. The van der Waals surface area contributed by atoms with Gasteiger partial charge in [0.05, 0.1) is 37.4 Å². The lowest BCUT2D eigenvalue weighted by molar-refractivity contribution is -0.149. The number of unbranched alkanes of at least 4 members (excludes halogenated alkanes) is 2. The molecule has 44 nitrogen and oxygen atoms in total. The number of phenolic OH excluding ortho intramolecular Hbond substituents is 1. The maximum absolute atomic E-state index is 16.0.